The predicted molar refractivity (Wildman–Crippen MR) is 114 cm³/mol. The van der Waals surface area contributed by atoms with Crippen molar-refractivity contribution in [2.24, 2.45) is 0 Å². The fourth-order valence-electron chi connectivity index (χ4n) is 3.49. The number of carbonyl (C=O) groups excluding carboxylic acids is 1. The Morgan fingerprint density at radius 2 is 1.93 bits per heavy atom. The number of hydrogen-bond acceptors (Lipinski definition) is 4. The van der Waals surface area contributed by atoms with E-state index in [2.05, 4.69) is 10.3 Å². The van der Waals surface area contributed by atoms with Gasteiger partial charge in [-0.2, -0.15) is 0 Å². The zero-order valence-electron chi connectivity index (χ0n) is 16.0. The third-order valence-corrected chi connectivity index (χ3v) is 5.91. The lowest BCUT2D eigenvalue weighted by Gasteiger charge is -2.16. The van der Waals surface area contributed by atoms with Gasteiger partial charge in [0.2, 0.25) is 5.91 Å². The molecular formula is C23H19FN2O3S. The van der Waals surface area contributed by atoms with E-state index in [1.807, 2.05) is 30.3 Å². The van der Waals surface area contributed by atoms with Crippen LogP contribution in [-0.2, 0) is 22.4 Å². The molecule has 3 aromatic rings. The molecule has 4 rings (SSSR count). The number of aromatic nitrogens is 1. The number of fused-ring (bicyclic) bond motifs is 1. The standard InChI is InChI=1S/C23H19FN2O3S/c24-17-9-7-15(8-10-17)22-25-18(13-30-22)12-21(27)26-20(23(28)29)11-16-6-5-14-3-1-2-4-19(14)16/h1-4,6-10,13,20H,5,11-12H2,(H,26,27)(H,28,29)/t20-/m1/s1. The van der Waals surface area contributed by atoms with Gasteiger partial charge < -0.3 is 10.4 Å². The molecule has 0 aliphatic heterocycles. The predicted octanol–water partition coefficient (Wildman–Crippen LogP) is 4.09. The highest BCUT2D eigenvalue weighted by Crippen LogP contribution is 2.30. The molecular weight excluding hydrogens is 403 g/mol. The Morgan fingerprint density at radius 1 is 1.17 bits per heavy atom. The number of halogens is 1. The van der Waals surface area contributed by atoms with Crippen molar-refractivity contribution in [1.82, 2.24) is 10.3 Å². The van der Waals surface area contributed by atoms with E-state index in [0.29, 0.717) is 10.7 Å². The molecule has 30 heavy (non-hydrogen) atoms. The van der Waals surface area contributed by atoms with Crippen molar-refractivity contribution in [3.63, 3.8) is 0 Å². The van der Waals surface area contributed by atoms with Crippen LogP contribution in [0.2, 0.25) is 0 Å². The SMILES string of the molecule is O=C(Cc1csc(-c2ccc(F)cc2)n1)N[C@H](CC1=CCc2ccccc21)C(=O)O. The van der Waals surface area contributed by atoms with Gasteiger partial charge in [0.25, 0.3) is 0 Å². The van der Waals surface area contributed by atoms with E-state index in [1.165, 1.54) is 29.0 Å². The molecule has 5 nitrogen and oxygen atoms in total. The van der Waals surface area contributed by atoms with Crippen LogP contribution in [0, 0.1) is 5.82 Å². The van der Waals surface area contributed by atoms with Crippen molar-refractivity contribution in [2.75, 3.05) is 0 Å². The summed E-state index contributed by atoms with van der Waals surface area (Å²) >= 11 is 1.36. The molecule has 1 aromatic heterocycles. The van der Waals surface area contributed by atoms with Crippen molar-refractivity contribution in [3.8, 4) is 10.6 Å². The number of allylic oxidation sites excluding steroid dienone is 1. The van der Waals surface area contributed by atoms with Gasteiger partial charge in [0.05, 0.1) is 12.1 Å². The average molecular weight is 422 g/mol. The quantitative estimate of drug-likeness (QED) is 0.601. The molecule has 1 aliphatic rings. The normalized spacial score (nSPS) is 13.4. The zero-order chi connectivity index (χ0) is 21.1. The minimum Gasteiger partial charge on any atom is -0.480 e. The first-order chi connectivity index (χ1) is 14.5. The molecule has 0 saturated carbocycles. The summed E-state index contributed by atoms with van der Waals surface area (Å²) in [5, 5.41) is 14.6. The zero-order valence-corrected chi connectivity index (χ0v) is 16.8. The van der Waals surface area contributed by atoms with Crippen LogP contribution >= 0.6 is 11.3 Å². The van der Waals surface area contributed by atoms with Gasteiger partial charge in [-0.05, 0) is 47.4 Å². The maximum atomic E-state index is 13.1. The van der Waals surface area contributed by atoms with Gasteiger partial charge >= 0.3 is 5.97 Å². The number of carbonyl (C=O) groups is 2. The van der Waals surface area contributed by atoms with Gasteiger partial charge in [0, 0.05) is 17.4 Å². The second kappa shape index (κ2) is 8.59. The lowest BCUT2D eigenvalue weighted by Crippen LogP contribution is -2.41. The number of thiazole rings is 1. The summed E-state index contributed by atoms with van der Waals surface area (Å²) in [7, 11) is 0. The van der Waals surface area contributed by atoms with E-state index in [-0.39, 0.29) is 18.7 Å². The van der Waals surface area contributed by atoms with Crippen LogP contribution in [0.15, 0.2) is 60.0 Å². The number of amides is 1. The van der Waals surface area contributed by atoms with Crippen molar-refractivity contribution >= 4 is 28.8 Å². The maximum absolute atomic E-state index is 13.1. The number of benzene rings is 2. The van der Waals surface area contributed by atoms with Crippen LogP contribution in [0.4, 0.5) is 4.39 Å². The van der Waals surface area contributed by atoms with Crippen LogP contribution in [0.1, 0.15) is 23.2 Å². The summed E-state index contributed by atoms with van der Waals surface area (Å²) in [6.07, 6.45) is 3.01. The lowest BCUT2D eigenvalue weighted by molar-refractivity contribution is -0.141. The van der Waals surface area contributed by atoms with E-state index in [1.54, 1.807) is 17.5 Å². The largest absolute Gasteiger partial charge is 0.480 e. The molecule has 1 amide bonds. The summed E-state index contributed by atoms with van der Waals surface area (Å²) in [6.45, 7) is 0. The van der Waals surface area contributed by atoms with Crippen molar-refractivity contribution in [3.05, 3.63) is 82.6 Å². The minimum absolute atomic E-state index is 0.0168. The van der Waals surface area contributed by atoms with E-state index in [9.17, 15) is 19.1 Å². The van der Waals surface area contributed by atoms with Crippen LogP contribution in [-0.4, -0.2) is 28.0 Å². The molecule has 0 saturated heterocycles. The van der Waals surface area contributed by atoms with E-state index in [0.717, 1.165) is 23.1 Å². The third-order valence-electron chi connectivity index (χ3n) is 4.97. The van der Waals surface area contributed by atoms with Crippen molar-refractivity contribution in [2.45, 2.75) is 25.3 Å². The maximum Gasteiger partial charge on any atom is 0.326 e. The van der Waals surface area contributed by atoms with E-state index in [4.69, 9.17) is 0 Å². The minimum atomic E-state index is -1.07. The molecule has 0 fully saturated rings. The Bertz CT molecular complexity index is 1120. The molecule has 2 aromatic carbocycles. The Hall–Kier alpha value is -3.32. The Labute approximate surface area is 176 Å². The Morgan fingerprint density at radius 3 is 2.70 bits per heavy atom. The molecule has 1 atom stereocenters. The van der Waals surface area contributed by atoms with Crippen molar-refractivity contribution in [1.29, 1.82) is 0 Å². The molecule has 0 bridgehead atoms. The molecule has 0 unspecified atom stereocenters. The van der Waals surface area contributed by atoms with Gasteiger partial charge in [-0.25, -0.2) is 14.2 Å². The monoisotopic (exact) mass is 422 g/mol. The van der Waals surface area contributed by atoms with Crippen LogP contribution < -0.4 is 5.32 Å². The number of carboxylic acids is 1. The van der Waals surface area contributed by atoms with Crippen LogP contribution in [0.5, 0.6) is 0 Å². The van der Waals surface area contributed by atoms with E-state index >= 15 is 0 Å². The van der Waals surface area contributed by atoms with Gasteiger partial charge in [0.1, 0.15) is 16.9 Å². The average Bonchev–Trinajstić information content (AvgIpc) is 3.35. The number of nitrogens with zero attached hydrogens (tertiary/aromatic N) is 1. The first-order valence-electron chi connectivity index (χ1n) is 9.49. The fourth-order valence-corrected chi connectivity index (χ4v) is 4.32. The summed E-state index contributed by atoms with van der Waals surface area (Å²) < 4.78 is 13.1. The van der Waals surface area contributed by atoms with Gasteiger partial charge in [-0.15, -0.1) is 11.3 Å². The number of nitrogens with one attached hydrogen (secondary N) is 1. The Kier molecular flexibility index (Phi) is 5.72. The summed E-state index contributed by atoms with van der Waals surface area (Å²) in [5.41, 5.74) is 4.46. The molecule has 0 radical (unpaired) electrons. The Balaban J connectivity index is 1.40. The van der Waals surface area contributed by atoms with E-state index < -0.39 is 17.9 Å². The topological polar surface area (TPSA) is 79.3 Å². The van der Waals surface area contributed by atoms with Gasteiger partial charge in [-0.3, -0.25) is 4.79 Å². The van der Waals surface area contributed by atoms with Crippen LogP contribution in [0.3, 0.4) is 0 Å². The molecule has 7 heteroatoms. The first kappa shape index (κ1) is 20.0. The first-order valence-corrected chi connectivity index (χ1v) is 10.4. The highest BCUT2D eigenvalue weighted by molar-refractivity contribution is 7.13. The molecule has 1 aliphatic carbocycles. The summed E-state index contributed by atoms with van der Waals surface area (Å²) in [4.78, 5) is 28.6. The molecule has 0 spiro atoms. The highest BCUT2D eigenvalue weighted by atomic mass is 32.1. The van der Waals surface area contributed by atoms with Crippen LogP contribution in [0.25, 0.3) is 16.1 Å². The summed E-state index contributed by atoms with van der Waals surface area (Å²) in [6, 6.07) is 12.8. The summed E-state index contributed by atoms with van der Waals surface area (Å²) in [5.74, 6) is -1.79. The molecule has 1 heterocycles. The van der Waals surface area contributed by atoms with Gasteiger partial charge in [0.15, 0.2) is 0 Å². The fraction of sp³-hybridized carbons (Fsp3) is 0.174. The van der Waals surface area contributed by atoms with Crippen molar-refractivity contribution < 1.29 is 19.1 Å². The number of aliphatic carboxylic acids is 1. The number of carboxylic acid groups (broad SMARTS) is 1. The lowest BCUT2D eigenvalue weighted by atomic mass is 9.99. The second-order valence-electron chi connectivity index (χ2n) is 7.08. The van der Waals surface area contributed by atoms with Gasteiger partial charge in [-0.1, -0.05) is 30.3 Å². The number of rotatable bonds is 7. The third kappa shape index (κ3) is 4.46. The molecule has 152 valence electrons. The second-order valence-corrected chi connectivity index (χ2v) is 7.94. The molecule has 2 N–H and O–H groups in total. The highest BCUT2D eigenvalue weighted by Gasteiger charge is 2.25. The number of hydrogen-bond donors (Lipinski definition) is 2. The smallest absolute Gasteiger partial charge is 0.326 e.